The number of benzene rings is 2. The Morgan fingerprint density at radius 2 is 1.83 bits per heavy atom. The van der Waals surface area contributed by atoms with Gasteiger partial charge < -0.3 is 4.74 Å². The maximum absolute atomic E-state index is 13.0. The Bertz CT molecular complexity index is 1010. The molecule has 0 saturated heterocycles. The van der Waals surface area contributed by atoms with Crippen LogP contribution < -0.4 is 0 Å². The minimum absolute atomic E-state index is 0.00324. The number of halogens is 1. The highest BCUT2D eigenvalue weighted by Gasteiger charge is 2.26. The minimum atomic E-state index is -4.00. The van der Waals surface area contributed by atoms with Crippen molar-refractivity contribution in [1.29, 1.82) is 0 Å². The third kappa shape index (κ3) is 2.60. The first-order chi connectivity index (χ1) is 10.9. The quantitative estimate of drug-likeness (QED) is 0.680. The van der Waals surface area contributed by atoms with Crippen molar-refractivity contribution in [1.82, 2.24) is 3.97 Å². The summed E-state index contributed by atoms with van der Waals surface area (Å²) in [5, 5.41) is 0.917. The van der Waals surface area contributed by atoms with Crippen LogP contribution in [0.15, 0.2) is 59.5 Å². The zero-order chi connectivity index (χ0) is 16.6. The summed E-state index contributed by atoms with van der Waals surface area (Å²) in [6, 6.07) is 14.2. The standard InChI is InChI=1S/C16H12ClNO4S/c1-22-16(19)15-9-11-5-2-3-8-14(11)18(15)23(20,21)13-7-4-6-12(17)10-13/h2-10H,1H3. The van der Waals surface area contributed by atoms with Crippen LogP contribution in [0.25, 0.3) is 10.9 Å². The second-order valence-electron chi connectivity index (χ2n) is 4.81. The van der Waals surface area contributed by atoms with E-state index in [1.165, 1.54) is 25.3 Å². The van der Waals surface area contributed by atoms with Gasteiger partial charge in [0, 0.05) is 10.4 Å². The summed E-state index contributed by atoms with van der Waals surface area (Å²) < 4.78 is 31.7. The molecule has 0 amide bonds. The third-order valence-corrected chi connectivity index (χ3v) is 5.35. The number of ether oxygens (including phenoxy) is 1. The van der Waals surface area contributed by atoms with Crippen LogP contribution in [0.5, 0.6) is 0 Å². The van der Waals surface area contributed by atoms with Crippen LogP contribution in [0.2, 0.25) is 5.02 Å². The monoisotopic (exact) mass is 349 g/mol. The highest BCUT2D eigenvalue weighted by Crippen LogP contribution is 2.27. The van der Waals surface area contributed by atoms with Gasteiger partial charge in [-0.25, -0.2) is 17.2 Å². The van der Waals surface area contributed by atoms with Gasteiger partial charge in [0.05, 0.1) is 17.5 Å². The molecule has 0 aliphatic heterocycles. The van der Waals surface area contributed by atoms with Gasteiger partial charge in [-0.3, -0.25) is 0 Å². The first kappa shape index (κ1) is 15.6. The Morgan fingerprint density at radius 3 is 2.52 bits per heavy atom. The number of para-hydroxylation sites is 1. The fourth-order valence-corrected chi connectivity index (χ4v) is 4.17. The van der Waals surface area contributed by atoms with Gasteiger partial charge in [0.1, 0.15) is 5.69 Å². The van der Waals surface area contributed by atoms with Crippen LogP contribution in [0.1, 0.15) is 10.5 Å². The van der Waals surface area contributed by atoms with Crippen LogP contribution in [0.4, 0.5) is 0 Å². The molecule has 3 aromatic rings. The molecule has 2 aromatic carbocycles. The number of aromatic nitrogens is 1. The highest BCUT2D eigenvalue weighted by atomic mass is 35.5. The summed E-state index contributed by atoms with van der Waals surface area (Å²) in [7, 11) is -2.79. The summed E-state index contributed by atoms with van der Waals surface area (Å²) >= 11 is 5.89. The topological polar surface area (TPSA) is 65.4 Å². The van der Waals surface area contributed by atoms with E-state index < -0.39 is 16.0 Å². The van der Waals surface area contributed by atoms with E-state index in [0.717, 1.165) is 3.97 Å². The summed E-state index contributed by atoms with van der Waals surface area (Å²) in [5.41, 5.74) is 0.335. The normalized spacial score (nSPS) is 11.6. The Morgan fingerprint density at radius 1 is 1.09 bits per heavy atom. The largest absolute Gasteiger partial charge is 0.464 e. The van der Waals surface area contributed by atoms with Gasteiger partial charge in [-0.05, 0) is 30.3 Å². The fraction of sp³-hybridized carbons (Fsp3) is 0.0625. The summed E-state index contributed by atoms with van der Waals surface area (Å²) in [6.07, 6.45) is 0. The molecule has 0 atom stereocenters. The number of esters is 1. The molecule has 0 unspecified atom stereocenters. The number of methoxy groups -OCH3 is 1. The molecule has 1 aromatic heterocycles. The van der Waals surface area contributed by atoms with Crippen molar-refractivity contribution in [2.24, 2.45) is 0 Å². The van der Waals surface area contributed by atoms with Crippen molar-refractivity contribution in [3.05, 3.63) is 65.3 Å². The zero-order valence-electron chi connectivity index (χ0n) is 12.1. The van der Waals surface area contributed by atoms with Gasteiger partial charge in [-0.1, -0.05) is 35.9 Å². The molecule has 118 valence electrons. The molecule has 0 aliphatic carbocycles. The first-order valence-electron chi connectivity index (χ1n) is 6.65. The molecule has 0 saturated carbocycles. The van der Waals surface area contributed by atoms with Crippen molar-refractivity contribution < 1.29 is 17.9 Å². The maximum Gasteiger partial charge on any atom is 0.355 e. The molecule has 23 heavy (non-hydrogen) atoms. The molecule has 0 spiro atoms. The number of hydrogen-bond acceptors (Lipinski definition) is 4. The summed E-state index contributed by atoms with van der Waals surface area (Å²) in [6.45, 7) is 0. The number of hydrogen-bond donors (Lipinski definition) is 0. The molecule has 0 aliphatic rings. The van der Waals surface area contributed by atoms with E-state index in [4.69, 9.17) is 16.3 Å². The van der Waals surface area contributed by atoms with Gasteiger partial charge in [0.15, 0.2) is 0 Å². The van der Waals surface area contributed by atoms with Crippen molar-refractivity contribution in [3.63, 3.8) is 0 Å². The number of fused-ring (bicyclic) bond motifs is 1. The lowest BCUT2D eigenvalue weighted by molar-refractivity contribution is 0.0593. The predicted octanol–water partition coefficient (Wildman–Crippen LogP) is 3.32. The molecule has 5 nitrogen and oxygen atoms in total. The van der Waals surface area contributed by atoms with Crippen LogP contribution >= 0.6 is 11.6 Å². The van der Waals surface area contributed by atoms with E-state index in [9.17, 15) is 13.2 Å². The molecule has 1 heterocycles. The molecule has 0 bridgehead atoms. The Hall–Kier alpha value is -2.31. The second-order valence-corrected chi connectivity index (χ2v) is 7.03. The smallest absolute Gasteiger partial charge is 0.355 e. The van der Waals surface area contributed by atoms with Gasteiger partial charge in [-0.15, -0.1) is 0 Å². The Labute approximate surface area is 138 Å². The number of carbonyl (C=O) groups excluding carboxylic acids is 1. The van der Waals surface area contributed by atoms with E-state index in [1.54, 1.807) is 36.4 Å². The minimum Gasteiger partial charge on any atom is -0.464 e. The zero-order valence-corrected chi connectivity index (χ0v) is 13.6. The molecular weight excluding hydrogens is 338 g/mol. The van der Waals surface area contributed by atoms with Crippen molar-refractivity contribution in [3.8, 4) is 0 Å². The van der Waals surface area contributed by atoms with Crippen molar-refractivity contribution in [2.75, 3.05) is 7.11 Å². The van der Waals surface area contributed by atoms with Crippen LogP contribution in [-0.2, 0) is 14.8 Å². The maximum atomic E-state index is 13.0. The van der Waals surface area contributed by atoms with Gasteiger partial charge in [0.25, 0.3) is 10.0 Å². The molecular formula is C16H12ClNO4S. The molecule has 0 radical (unpaired) electrons. The molecule has 0 fully saturated rings. The first-order valence-corrected chi connectivity index (χ1v) is 8.47. The van der Waals surface area contributed by atoms with Crippen LogP contribution in [0, 0.1) is 0 Å². The fourth-order valence-electron chi connectivity index (χ4n) is 2.37. The van der Waals surface area contributed by atoms with E-state index in [2.05, 4.69) is 0 Å². The lowest BCUT2D eigenvalue weighted by atomic mass is 10.2. The molecule has 0 N–H and O–H groups in total. The van der Waals surface area contributed by atoms with Crippen molar-refractivity contribution in [2.45, 2.75) is 4.90 Å². The SMILES string of the molecule is COC(=O)c1cc2ccccc2n1S(=O)(=O)c1cccc(Cl)c1. The van der Waals surface area contributed by atoms with E-state index >= 15 is 0 Å². The number of nitrogens with zero attached hydrogens (tertiary/aromatic N) is 1. The Kier molecular flexibility index (Phi) is 3.87. The molecule has 3 rings (SSSR count). The molecule has 7 heteroatoms. The van der Waals surface area contributed by atoms with Crippen molar-refractivity contribution >= 4 is 38.5 Å². The van der Waals surface area contributed by atoms with Crippen LogP contribution in [0.3, 0.4) is 0 Å². The summed E-state index contributed by atoms with van der Waals surface area (Å²) in [4.78, 5) is 12.0. The third-order valence-electron chi connectivity index (χ3n) is 3.40. The van der Waals surface area contributed by atoms with Gasteiger partial charge >= 0.3 is 5.97 Å². The summed E-state index contributed by atoms with van der Waals surface area (Å²) in [5.74, 6) is -0.730. The van der Waals surface area contributed by atoms with E-state index in [1.807, 2.05) is 0 Å². The number of carbonyl (C=O) groups is 1. The highest BCUT2D eigenvalue weighted by molar-refractivity contribution is 7.90. The number of rotatable bonds is 3. The second kappa shape index (κ2) is 5.72. The van der Waals surface area contributed by atoms with E-state index in [0.29, 0.717) is 15.9 Å². The van der Waals surface area contributed by atoms with Gasteiger partial charge in [0.2, 0.25) is 0 Å². The average Bonchev–Trinajstić information content (AvgIpc) is 2.94. The Balaban J connectivity index is 2.36. The lowest BCUT2D eigenvalue weighted by Crippen LogP contribution is -2.19. The van der Waals surface area contributed by atoms with Gasteiger partial charge in [-0.2, -0.15) is 0 Å². The van der Waals surface area contributed by atoms with Crippen LogP contribution in [-0.4, -0.2) is 25.5 Å². The predicted molar refractivity (Wildman–Crippen MR) is 87.3 cm³/mol. The lowest BCUT2D eigenvalue weighted by Gasteiger charge is -2.11. The average molecular weight is 350 g/mol. The van der Waals surface area contributed by atoms with E-state index in [-0.39, 0.29) is 10.6 Å².